The first-order chi connectivity index (χ1) is 17.1. The molecule has 0 aromatic carbocycles. The van der Waals surface area contributed by atoms with E-state index in [-0.39, 0.29) is 11.6 Å². The van der Waals surface area contributed by atoms with E-state index in [1.807, 2.05) is 51.1 Å². The van der Waals surface area contributed by atoms with Crippen LogP contribution in [0.1, 0.15) is 19.3 Å². The number of hydrogen-bond acceptors (Lipinski definition) is 7. The quantitative estimate of drug-likeness (QED) is 0.445. The molecule has 0 atom stereocenters. The van der Waals surface area contributed by atoms with E-state index in [4.69, 9.17) is 0 Å². The summed E-state index contributed by atoms with van der Waals surface area (Å²) in [5.41, 5.74) is 3.05. The molecule has 6 rings (SSSR count). The summed E-state index contributed by atoms with van der Waals surface area (Å²) >= 11 is 1.57. The fourth-order valence-electron chi connectivity index (χ4n) is 5.23. The Morgan fingerprint density at radius 3 is 2.91 bits per heavy atom. The van der Waals surface area contributed by atoms with Crippen LogP contribution in [0, 0.1) is 11.3 Å². The molecule has 0 saturated carbocycles. The molecule has 0 aliphatic carbocycles. The van der Waals surface area contributed by atoms with Crippen molar-refractivity contribution in [3.8, 4) is 17.3 Å². The molecule has 6 heterocycles. The van der Waals surface area contributed by atoms with Crippen molar-refractivity contribution in [1.29, 1.82) is 5.26 Å². The van der Waals surface area contributed by atoms with Crippen molar-refractivity contribution >= 4 is 34.1 Å². The molecule has 2 saturated heterocycles. The number of thiophene rings is 1. The average Bonchev–Trinajstić information content (AvgIpc) is 3.63. The third-order valence-electron chi connectivity index (χ3n) is 7.14. The maximum atomic E-state index is 12.5. The van der Waals surface area contributed by atoms with E-state index in [1.165, 1.54) is 0 Å². The lowest BCUT2D eigenvalue weighted by Crippen LogP contribution is -2.66. The molecule has 2 aliphatic rings. The SMILES string of the molecule is N#CCC1(n2cc(-c3ncnc4[nH]ccc34)cn2)CN(C2CCN(C(=O)Nc3ccsc3)CC2)C1. The van der Waals surface area contributed by atoms with Crippen molar-refractivity contribution in [2.45, 2.75) is 30.8 Å². The van der Waals surface area contributed by atoms with E-state index < -0.39 is 0 Å². The van der Waals surface area contributed by atoms with Crippen molar-refractivity contribution in [2.75, 3.05) is 31.5 Å². The summed E-state index contributed by atoms with van der Waals surface area (Å²) in [4.78, 5) is 28.7. The lowest BCUT2D eigenvalue weighted by Gasteiger charge is -2.53. The van der Waals surface area contributed by atoms with Crippen LogP contribution in [0.4, 0.5) is 10.5 Å². The second-order valence-electron chi connectivity index (χ2n) is 9.26. The molecule has 4 aromatic rings. The molecule has 0 radical (unpaired) electrons. The van der Waals surface area contributed by atoms with Crippen LogP contribution < -0.4 is 5.32 Å². The van der Waals surface area contributed by atoms with Gasteiger partial charge < -0.3 is 15.2 Å². The molecule has 2 amide bonds. The van der Waals surface area contributed by atoms with Crippen molar-refractivity contribution in [1.82, 2.24) is 34.5 Å². The van der Waals surface area contributed by atoms with Crippen LogP contribution in [0.25, 0.3) is 22.3 Å². The van der Waals surface area contributed by atoms with E-state index in [9.17, 15) is 10.1 Å². The number of hydrogen-bond donors (Lipinski definition) is 2. The minimum atomic E-state index is -0.343. The topological polar surface area (TPSA) is 119 Å². The number of nitriles is 1. The van der Waals surface area contributed by atoms with Crippen molar-refractivity contribution in [2.24, 2.45) is 0 Å². The number of aromatic amines is 1. The van der Waals surface area contributed by atoms with Crippen molar-refractivity contribution in [3.05, 3.63) is 47.8 Å². The maximum absolute atomic E-state index is 12.5. The lowest BCUT2D eigenvalue weighted by molar-refractivity contribution is -0.0399. The normalized spacial score (nSPS) is 18.3. The Hall–Kier alpha value is -3.75. The number of carbonyl (C=O) groups excluding carboxylic acids is 1. The number of nitrogens with one attached hydrogen (secondary N) is 2. The van der Waals surface area contributed by atoms with Gasteiger partial charge in [0.1, 0.15) is 17.5 Å². The monoisotopic (exact) mass is 487 g/mol. The molecule has 0 spiro atoms. The molecule has 2 aliphatic heterocycles. The van der Waals surface area contributed by atoms with Gasteiger partial charge in [-0.05, 0) is 30.4 Å². The second-order valence-corrected chi connectivity index (χ2v) is 10.0. The predicted molar refractivity (Wildman–Crippen MR) is 133 cm³/mol. The van der Waals surface area contributed by atoms with Crippen LogP contribution in [0.3, 0.4) is 0 Å². The molecule has 4 aromatic heterocycles. The summed E-state index contributed by atoms with van der Waals surface area (Å²) < 4.78 is 1.95. The van der Waals surface area contributed by atoms with Gasteiger partial charge >= 0.3 is 6.03 Å². The molecule has 2 N–H and O–H groups in total. The number of nitrogens with zero attached hydrogens (tertiary/aromatic N) is 7. The summed E-state index contributed by atoms with van der Waals surface area (Å²) in [5, 5.41) is 22.0. The number of anilines is 1. The third-order valence-corrected chi connectivity index (χ3v) is 7.82. The summed E-state index contributed by atoms with van der Waals surface area (Å²) in [6, 6.07) is 6.62. The van der Waals surface area contributed by atoms with E-state index in [2.05, 4.69) is 36.3 Å². The van der Waals surface area contributed by atoms with Gasteiger partial charge in [0.05, 0.1) is 30.1 Å². The molecular weight excluding hydrogens is 462 g/mol. The molecule has 0 unspecified atom stereocenters. The molecule has 35 heavy (non-hydrogen) atoms. The number of fused-ring (bicyclic) bond motifs is 1. The van der Waals surface area contributed by atoms with Gasteiger partial charge in [-0.25, -0.2) is 14.8 Å². The molecule has 10 nitrogen and oxygen atoms in total. The van der Waals surface area contributed by atoms with E-state index >= 15 is 0 Å². The Labute approximate surface area is 206 Å². The van der Waals surface area contributed by atoms with Crippen LogP contribution in [-0.2, 0) is 5.54 Å². The van der Waals surface area contributed by atoms with Gasteiger partial charge in [0.25, 0.3) is 0 Å². The molecule has 11 heteroatoms. The second kappa shape index (κ2) is 8.79. The molecule has 2 fully saturated rings. The van der Waals surface area contributed by atoms with Gasteiger partial charge in [-0.2, -0.15) is 21.7 Å². The van der Waals surface area contributed by atoms with Gasteiger partial charge in [-0.15, -0.1) is 0 Å². The van der Waals surface area contributed by atoms with Gasteiger partial charge in [-0.1, -0.05) is 0 Å². The third kappa shape index (κ3) is 3.94. The van der Waals surface area contributed by atoms with Gasteiger partial charge in [0.15, 0.2) is 0 Å². The highest BCUT2D eigenvalue weighted by Gasteiger charge is 2.48. The Bertz CT molecular complexity index is 1370. The number of urea groups is 1. The molecule has 178 valence electrons. The van der Waals surface area contributed by atoms with Gasteiger partial charge in [0.2, 0.25) is 0 Å². The Morgan fingerprint density at radius 1 is 1.29 bits per heavy atom. The maximum Gasteiger partial charge on any atom is 0.321 e. The van der Waals surface area contributed by atoms with Crippen molar-refractivity contribution < 1.29 is 4.79 Å². The highest BCUT2D eigenvalue weighted by molar-refractivity contribution is 7.08. The first-order valence-corrected chi connectivity index (χ1v) is 12.6. The fraction of sp³-hybridized carbons (Fsp3) is 0.375. The number of likely N-dealkylation sites (tertiary alicyclic amines) is 2. The first-order valence-electron chi connectivity index (χ1n) is 11.7. The number of carbonyl (C=O) groups is 1. The summed E-state index contributed by atoms with van der Waals surface area (Å²) in [6.45, 7) is 3.01. The number of rotatable bonds is 5. The minimum Gasteiger partial charge on any atom is -0.346 e. The van der Waals surface area contributed by atoms with E-state index in [0.717, 1.165) is 67.0 Å². The van der Waals surface area contributed by atoms with Gasteiger partial charge in [-0.3, -0.25) is 9.58 Å². The number of H-pyrrole nitrogens is 1. The van der Waals surface area contributed by atoms with Crippen LogP contribution in [0.2, 0.25) is 0 Å². The predicted octanol–water partition coefficient (Wildman–Crippen LogP) is 3.50. The van der Waals surface area contributed by atoms with Crippen molar-refractivity contribution in [3.63, 3.8) is 0 Å². The summed E-state index contributed by atoms with van der Waals surface area (Å²) in [5.74, 6) is 0. The average molecular weight is 488 g/mol. The summed E-state index contributed by atoms with van der Waals surface area (Å²) in [7, 11) is 0. The molecular formula is C24H25N9OS. The smallest absolute Gasteiger partial charge is 0.321 e. The van der Waals surface area contributed by atoms with E-state index in [0.29, 0.717) is 12.5 Å². The zero-order valence-corrected chi connectivity index (χ0v) is 19.9. The number of amides is 2. The zero-order valence-electron chi connectivity index (χ0n) is 19.1. The standard InChI is InChI=1S/C24H25N9OS/c25-6-5-24(33-12-17(11-29-33)21-20-1-7-26-22(20)28-16-27-21)14-32(15-24)19-2-8-31(9-3-19)23(34)30-18-4-10-35-13-18/h1,4,7,10-13,16,19H,2-3,5,8-9,14-15H2,(H,30,34)(H,26,27,28). The Morgan fingerprint density at radius 2 is 2.14 bits per heavy atom. The van der Waals surface area contributed by atoms with E-state index in [1.54, 1.807) is 17.7 Å². The minimum absolute atomic E-state index is 0.0328. The zero-order chi connectivity index (χ0) is 23.8. The van der Waals surface area contributed by atoms with Crippen LogP contribution in [0.15, 0.2) is 47.8 Å². The van der Waals surface area contributed by atoms with Crippen LogP contribution in [-0.4, -0.2) is 72.8 Å². The lowest BCUT2D eigenvalue weighted by atomic mass is 9.84. The van der Waals surface area contributed by atoms with Gasteiger partial charge in [0, 0.05) is 60.9 Å². The Balaban J connectivity index is 1.11. The molecule has 0 bridgehead atoms. The highest BCUT2D eigenvalue weighted by Crippen LogP contribution is 2.37. The fourth-order valence-corrected chi connectivity index (χ4v) is 5.82. The van der Waals surface area contributed by atoms with Crippen LogP contribution >= 0.6 is 11.3 Å². The van der Waals surface area contributed by atoms with Crippen LogP contribution in [0.5, 0.6) is 0 Å². The number of piperidine rings is 1. The largest absolute Gasteiger partial charge is 0.346 e. The Kier molecular flexibility index (Phi) is 5.47. The number of aromatic nitrogens is 5. The summed E-state index contributed by atoms with van der Waals surface area (Å²) in [6.07, 6.45) is 9.48. The first kappa shape index (κ1) is 21.8. The highest BCUT2D eigenvalue weighted by atomic mass is 32.1.